The highest BCUT2D eigenvalue weighted by atomic mass is 35.5. The van der Waals surface area contributed by atoms with Crippen LogP contribution in [0.1, 0.15) is 48.5 Å². The number of aromatic nitrogens is 1. The summed E-state index contributed by atoms with van der Waals surface area (Å²) in [6.45, 7) is 1.49. The number of nitrogens with zero attached hydrogens (tertiary/aromatic N) is 2. The maximum absolute atomic E-state index is 13.1. The Morgan fingerprint density at radius 2 is 2.02 bits per heavy atom. The maximum atomic E-state index is 13.1. The zero-order chi connectivity index (χ0) is 28.9. The topological polar surface area (TPSA) is 82.9 Å². The van der Waals surface area contributed by atoms with Gasteiger partial charge in [-0.2, -0.15) is 13.2 Å². The molecule has 6 nitrogen and oxygen atoms in total. The normalized spacial score (nSPS) is 18.6. The lowest BCUT2D eigenvalue weighted by atomic mass is 9.79. The van der Waals surface area contributed by atoms with Crippen molar-refractivity contribution in [2.75, 3.05) is 26.7 Å². The van der Waals surface area contributed by atoms with Crippen LogP contribution in [0.5, 0.6) is 5.75 Å². The highest BCUT2D eigenvalue weighted by Crippen LogP contribution is 2.36. The molecule has 2 aromatic carbocycles. The number of fused-ring (bicyclic) bond motifs is 1. The van der Waals surface area contributed by atoms with Gasteiger partial charge in [0.25, 0.3) is 0 Å². The van der Waals surface area contributed by atoms with Gasteiger partial charge in [-0.05, 0) is 85.7 Å². The Hall–Kier alpha value is -3.32. The van der Waals surface area contributed by atoms with Gasteiger partial charge in [-0.1, -0.05) is 23.4 Å². The van der Waals surface area contributed by atoms with Gasteiger partial charge in [0.2, 0.25) is 0 Å². The van der Waals surface area contributed by atoms with Gasteiger partial charge in [0.05, 0.1) is 35.9 Å². The van der Waals surface area contributed by atoms with E-state index in [-0.39, 0.29) is 28.8 Å². The van der Waals surface area contributed by atoms with E-state index in [4.69, 9.17) is 16.3 Å². The zero-order valence-electron chi connectivity index (χ0n) is 21.9. The van der Waals surface area contributed by atoms with Crippen molar-refractivity contribution in [1.82, 2.24) is 9.88 Å². The second-order valence-corrected chi connectivity index (χ2v) is 10.4. The van der Waals surface area contributed by atoms with Crippen LogP contribution in [0.3, 0.4) is 0 Å². The van der Waals surface area contributed by atoms with E-state index in [0.29, 0.717) is 38.2 Å². The summed E-state index contributed by atoms with van der Waals surface area (Å²) in [6.07, 6.45) is -1.80. The predicted molar refractivity (Wildman–Crippen MR) is 146 cm³/mol. The summed E-state index contributed by atoms with van der Waals surface area (Å²) in [5.41, 5.74) is 0.791. The molecule has 1 aromatic heterocycles. The average molecular weight is 575 g/mol. The second kappa shape index (κ2) is 12.9. The summed E-state index contributed by atoms with van der Waals surface area (Å²) < 4.78 is 44.7. The van der Waals surface area contributed by atoms with E-state index in [2.05, 4.69) is 16.8 Å². The number of carbonyl (C=O) groups is 1. The van der Waals surface area contributed by atoms with E-state index < -0.39 is 23.8 Å². The number of aliphatic hydroxyl groups excluding tert-OH is 1. The number of ether oxygens (including phenoxy) is 1. The first kappa shape index (κ1) is 29.7. The standard InChI is InChI=1S/C30H30ClF3N2O4/c1-40-22-6-8-27-24(17-22)23(10-12-35-27)28(37)9-5-20-11-14-36(18-21(20)16-29(38)39)13-2-3-19-4-7-26(31)25(15-19)30(32,33)34/h4,6-8,10,12,15,17,20-21,28,37H,5,9,11,13-14,16,18H2,1H3,(H,38,39)/t20-,21+,28?/m1/s1. The number of carboxylic acids is 1. The van der Waals surface area contributed by atoms with Gasteiger partial charge < -0.3 is 14.9 Å². The lowest BCUT2D eigenvalue weighted by Crippen LogP contribution is -2.41. The Bertz CT molecular complexity index is 1420. The molecule has 1 fully saturated rings. The lowest BCUT2D eigenvalue weighted by Gasteiger charge is -2.37. The van der Waals surface area contributed by atoms with Crippen molar-refractivity contribution in [2.45, 2.75) is 38.0 Å². The van der Waals surface area contributed by atoms with Crippen LogP contribution < -0.4 is 4.74 Å². The summed E-state index contributed by atoms with van der Waals surface area (Å²) in [5, 5.41) is 21.0. The van der Waals surface area contributed by atoms with Gasteiger partial charge in [-0.3, -0.25) is 14.7 Å². The first-order chi connectivity index (χ1) is 19.0. The molecule has 0 bridgehead atoms. The van der Waals surface area contributed by atoms with Crippen LogP contribution in [0.15, 0.2) is 48.7 Å². The molecule has 0 spiro atoms. The minimum absolute atomic E-state index is 0.00773. The number of piperidine rings is 1. The maximum Gasteiger partial charge on any atom is 0.417 e. The number of likely N-dealkylation sites (tertiary alicyclic amines) is 1. The summed E-state index contributed by atoms with van der Waals surface area (Å²) in [6, 6.07) is 10.9. The van der Waals surface area contributed by atoms with Crippen molar-refractivity contribution in [3.8, 4) is 17.6 Å². The molecule has 2 heterocycles. The number of pyridine rings is 1. The van der Waals surface area contributed by atoms with Crippen LogP contribution in [-0.4, -0.2) is 52.8 Å². The summed E-state index contributed by atoms with van der Waals surface area (Å²) in [4.78, 5) is 18.0. The van der Waals surface area contributed by atoms with Crippen molar-refractivity contribution >= 4 is 28.5 Å². The number of methoxy groups -OCH3 is 1. The quantitative estimate of drug-likeness (QED) is 0.312. The number of aliphatic carboxylic acids is 1. The lowest BCUT2D eigenvalue weighted by molar-refractivity contribution is -0.139. The minimum atomic E-state index is -4.56. The van der Waals surface area contributed by atoms with Gasteiger partial charge >= 0.3 is 12.1 Å². The molecule has 3 aromatic rings. The molecule has 4 rings (SSSR count). The van der Waals surface area contributed by atoms with Gasteiger partial charge in [0.1, 0.15) is 5.75 Å². The number of halogens is 4. The highest BCUT2D eigenvalue weighted by Gasteiger charge is 2.33. The van der Waals surface area contributed by atoms with E-state index in [1.807, 2.05) is 23.1 Å². The third-order valence-electron chi connectivity index (χ3n) is 7.37. The van der Waals surface area contributed by atoms with Gasteiger partial charge in [-0.15, -0.1) is 0 Å². The Morgan fingerprint density at radius 3 is 2.75 bits per heavy atom. The molecule has 2 N–H and O–H groups in total. The smallest absolute Gasteiger partial charge is 0.417 e. The molecular formula is C30H30ClF3N2O4. The number of aliphatic hydroxyl groups is 1. The van der Waals surface area contributed by atoms with Crippen LogP contribution >= 0.6 is 11.6 Å². The fourth-order valence-electron chi connectivity index (χ4n) is 5.30. The molecule has 1 aliphatic heterocycles. The zero-order valence-corrected chi connectivity index (χ0v) is 22.7. The van der Waals surface area contributed by atoms with Crippen LogP contribution in [0, 0.1) is 23.7 Å². The molecule has 1 saturated heterocycles. The predicted octanol–water partition coefficient (Wildman–Crippen LogP) is 6.19. The van der Waals surface area contributed by atoms with Crippen LogP contribution in [0.2, 0.25) is 5.02 Å². The van der Waals surface area contributed by atoms with E-state index in [1.54, 1.807) is 19.4 Å². The Morgan fingerprint density at radius 1 is 1.23 bits per heavy atom. The van der Waals surface area contributed by atoms with Gasteiger partial charge in [-0.25, -0.2) is 0 Å². The number of alkyl halides is 3. The molecule has 1 aliphatic rings. The number of hydrogen-bond acceptors (Lipinski definition) is 5. The summed E-state index contributed by atoms with van der Waals surface area (Å²) in [7, 11) is 1.58. The third-order valence-corrected chi connectivity index (χ3v) is 7.70. The van der Waals surface area contributed by atoms with E-state index >= 15 is 0 Å². The SMILES string of the molecule is COc1ccc2nccc(C(O)CC[C@@H]3CCN(CC#Cc4ccc(Cl)c(C(F)(F)F)c4)C[C@@H]3CC(=O)O)c2c1. The first-order valence-electron chi connectivity index (χ1n) is 13.0. The van der Waals surface area contributed by atoms with Crippen molar-refractivity contribution in [3.05, 3.63) is 70.4 Å². The van der Waals surface area contributed by atoms with Crippen molar-refractivity contribution in [1.29, 1.82) is 0 Å². The molecule has 0 amide bonds. The Kier molecular flexibility index (Phi) is 9.56. The molecule has 1 unspecified atom stereocenters. The summed E-state index contributed by atoms with van der Waals surface area (Å²) >= 11 is 5.68. The monoisotopic (exact) mass is 574 g/mol. The van der Waals surface area contributed by atoms with E-state index in [9.17, 15) is 28.2 Å². The largest absolute Gasteiger partial charge is 0.497 e. The number of benzene rings is 2. The molecule has 0 saturated carbocycles. The fraction of sp³-hybridized carbons (Fsp3) is 0.400. The number of carboxylic acid groups (broad SMARTS) is 1. The number of rotatable bonds is 8. The van der Waals surface area contributed by atoms with Gasteiger partial charge in [0, 0.05) is 30.1 Å². The van der Waals surface area contributed by atoms with Crippen molar-refractivity contribution in [3.63, 3.8) is 0 Å². The van der Waals surface area contributed by atoms with Crippen LogP contribution in [0.4, 0.5) is 13.2 Å². The molecule has 0 aliphatic carbocycles. The molecule has 3 atom stereocenters. The number of hydrogen-bond donors (Lipinski definition) is 2. The van der Waals surface area contributed by atoms with Crippen molar-refractivity contribution in [2.24, 2.45) is 11.8 Å². The average Bonchev–Trinajstić information content (AvgIpc) is 2.91. The molecule has 212 valence electrons. The Labute approximate surface area is 235 Å². The van der Waals surface area contributed by atoms with Gasteiger partial charge in [0.15, 0.2) is 0 Å². The van der Waals surface area contributed by atoms with E-state index in [1.165, 1.54) is 12.1 Å². The molecule has 0 radical (unpaired) electrons. The minimum Gasteiger partial charge on any atom is -0.497 e. The van der Waals surface area contributed by atoms with Crippen LogP contribution in [-0.2, 0) is 11.0 Å². The molecule has 40 heavy (non-hydrogen) atoms. The fourth-order valence-corrected chi connectivity index (χ4v) is 5.53. The van der Waals surface area contributed by atoms with Crippen LogP contribution in [0.25, 0.3) is 10.9 Å². The Balaban J connectivity index is 1.39. The second-order valence-electron chi connectivity index (χ2n) is 10.0. The molecule has 10 heteroatoms. The van der Waals surface area contributed by atoms with Crippen molar-refractivity contribution < 1.29 is 32.9 Å². The highest BCUT2D eigenvalue weighted by molar-refractivity contribution is 6.31. The summed E-state index contributed by atoms with van der Waals surface area (Å²) in [5.74, 6) is 5.42. The third kappa shape index (κ3) is 7.45. The molecular weight excluding hydrogens is 545 g/mol. The van der Waals surface area contributed by atoms with E-state index in [0.717, 1.165) is 29.0 Å². The first-order valence-corrected chi connectivity index (χ1v) is 13.3.